The van der Waals surface area contributed by atoms with Gasteiger partial charge in [-0.25, -0.2) is 13.1 Å². The molecule has 1 saturated carbocycles. The van der Waals surface area contributed by atoms with Gasteiger partial charge in [0.2, 0.25) is 10.0 Å². The van der Waals surface area contributed by atoms with Gasteiger partial charge < -0.3 is 0 Å². The molecule has 0 saturated heterocycles. The van der Waals surface area contributed by atoms with Gasteiger partial charge in [-0.3, -0.25) is 4.90 Å². The van der Waals surface area contributed by atoms with Crippen molar-refractivity contribution in [1.29, 1.82) is 0 Å². The second-order valence-electron chi connectivity index (χ2n) is 7.08. The van der Waals surface area contributed by atoms with Crippen molar-refractivity contribution < 1.29 is 8.42 Å². The lowest BCUT2D eigenvalue weighted by atomic mass is 9.89. The van der Waals surface area contributed by atoms with Crippen LogP contribution >= 0.6 is 11.6 Å². The van der Waals surface area contributed by atoms with E-state index in [2.05, 4.69) is 28.7 Å². The first kappa shape index (κ1) is 20.3. The van der Waals surface area contributed by atoms with Crippen molar-refractivity contribution >= 4 is 21.6 Å². The van der Waals surface area contributed by atoms with Crippen LogP contribution in [0.2, 0.25) is 5.02 Å². The monoisotopic (exact) mass is 406 g/mol. The van der Waals surface area contributed by atoms with Crippen molar-refractivity contribution in [2.75, 3.05) is 6.54 Å². The first-order valence-electron chi connectivity index (χ1n) is 9.55. The first-order chi connectivity index (χ1) is 13.0. The van der Waals surface area contributed by atoms with Gasteiger partial charge in [-0.05, 0) is 49.2 Å². The molecule has 0 spiro atoms. The number of sulfonamides is 1. The predicted molar refractivity (Wildman–Crippen MR) is 110 cm³/mol. The van der Waals surface area contributed by atoms with E-state index in [1.807, 2.05) is 18.2 Å². The lowest BCUT2D eigenvalue weighted by molar-refractivity contribution is 0.130. The van der Waals surface area contributed by atoms with Crippen LogP contribution in [0.3, 0.4) is 0 Å². The average molecular weight is 407 g/mol. The molecule has 1 fully saturated rings. The third kappa shape index (κ3) is 5.32. The molecule has 0 unspecified atom stereocenters. The number of likely N-dealkylation sites (N-methyl/N-ethyl adjacent to an activating group) is 1. The fraction of sp³-hybridized carbons (Fsp3) is 0.429. The Morgan fingerprint density at radius 1 is 1.04 bits per heavy atom. The third-order valence-corrected chi connectivity index (χ3v) is 7.02. The third-order valence-electron chi connectivity index (χ3n) is 5.26. The Labute approximate surface area is 167 Å². The van der Waals surface area contributed by atoms with Gasteiger partial charge in [0.1, 0.15) is 0 Å². The zero-order valence-electron chi connectivity index (χ0n) is 15.6. The van der Waals surface area contributed by atoms with E-state index in [0.29, 0.717) is 5.02 Å². The molecule has 27 heavy (non-hydrogen) atoms. The van der Waals surface area contributed by atoms with Crippen LogP contribution in [-0.2, 0) is 16.6 Å². The van der Waals surface area contributed by atoms with E-state index in [1.54, 1.807) is 24.3 Å². The zero-order valence-corrected chi connectivity index (χ0v) is 17.2. The summed E-state index contributed by atoms with van der Waals surface area (Å²) in [5.41, 5.74) is 1.25. The van der Waals surface area contributed by atoms with E-state index in [-0.39, 0.29) is 17.0 Å². The summed E-state index contributed by atoms with van der Waals surface area (Å²) in [6.45, 7) is 3.86. The van der Waals surface area contributed by atoms with Gasteiger partial charge in [0, 0.05) is 23.7 Å². The summed E-state index contributed by atoms with van der Waals surface area (Å²) >= 11 is 5.89. The number of hydrogen-bond donors (Lipinski definition) is 1. The molecule has 0 heterocycles. The van der Waals surface area contributed by atoms with E-state index in [0.717, 1.165) is 38.8 Å². The van der Waals surface area contributed by atoms with Crippen molar-refractivity contribution in [3.8, 4) is 0 Å². The molecule has 3 rings (SSSR count). The minimum absolute atomic E-state index is 0.0805. The summed E-state index contributed by atoms with van der Waals surface area (Å²) < 4.78 is 28.7. The molecular weight excluding hydrogens is 380 g/mol. The summed E-state index contributed by atoms with van der Waals surface area (Å²) in [6.07, 6.45) is 4.06. The van der Waals surface area contributed by atoms with E-state index in [4.69, 9.17) is 11.6 Å². The van der Waals surface area contributed by atoms with E-state index in [1.165, 1.54) is 5.56 Å². The zero-order chi connectivity index (χ0) is 19.3. The highest BCUT2D eigenvalue weighted by molar-refractivity contribution is 7.89. The lowest BCUT2D eigenvalue weighted by Gasteiger charge is -2.39. The van der Waals surface area contributed by atoms with Crippen molar-refractivity contribution in [1.82, 2.24) is 9.62 Å². The van der Waals surface area contributed by atoms with Crippen molar-refractivity contribution in [3.05, 3.63) is 65.2 Å². The Morgan fingerprint density at radius 3 is 2.37 bits per heavy atom. The number of rotatable bonds is 7. The van der Waals surface area contributed by atoms with Gasteiger partial charge in [0.25, 0.3) is 0 Å². The van der Waals surface area contributed by atoms with Gasteiger partial charge >= 0.3 is 0 Å². The van der Waals surface area contributed by atoms with Gasteiger partial charge in [-0.1, -0.05) is 61.7 Å². The maximum atomic E-state index is 12.9. The van der Waals surface area contributed by atoms with Crippen molar-refractivity contribution in [3.63, 3.8) is 0 Å². The quantitative estimate of drug-likeness (QED) is 0.738. The van der Waals surface area contributed by atoms with Crippen LogP contribution in [0.25, 0.3) is 0 Å². The number of nitrogens with one attached hydrogen (secondary N) is 1. The molecular formula is C21H27ClN2O2S. The number of benzene rings is 2. The molecule has 0 aliphatic heterocycles. The molecule has 0 radical (unpaired) electrons. The SMILES string of the molecule is CCN(Cc1ccccc1)[C@H]1CCCC[C@@H]1NS(=O)(=O)c1ccc(Cl)cc1. The Hall–Kier alpha value is -1.40. The Kier molecular flexibility index (Phi) is 6.93. The molecule has 6 heteroatoms. The number of halogens is 1. The Bertz CT molecular complexity index is 825. The molecule has 2 aromatic rings. The van der Waals surface area contributed by atoms with Gasteiger partial charge in [-0.2, -0.15) is 0 Å². The molecule has 1 N–H and O–H groups in total. The van der Waals surface area contributed by atoms with Gasteiger partial charge in [0.15, 0.2) is 0 Å². The second kappa shape index (κ2) is 9.20. The number of hydrogen-bond acceptors (Lipinski definition) is 3. The van der Waals surface area contributed by atoms with Crippen LogP contribution in [-0.4, -0.2) is 31.9 Å². The second-order valence-corrected chi connectivity index (χ2v) is 9.23. The molecule has 4 nitrogen and oxygen atoms in total. The standard InChI is InChI=1S/C21H27ClN2O2S/c1-2-24(16-17-8-4-3-5-9-17)21-11-7-6-10-20(21)23-27(25,26)19-14-12-18(22)13-15-19/h3-5,8-9,12-15,20-21,23H,2,6-7,10-11,16H2,1H3/t20-,21-/m0/s1. The van der Waals surface area contributed by atoms with Crippen molar-refractivity contribution in [2.24, 2.45) is 0 Å². The Morgan fingerprint density at radius 2 is 1.70 bits per heavy atom. The maximum Gasteiger partial charge on any atom is 0.240 e. The molecule has 2 atom stereocenters. The molecule has 0 amide bonds. The normalized spacial score (nSPS) is 20.7. The minimum Gasteiger partial charge on any atom is -0.295 e. The Balaban J connectivity index is 1.76. The van der Waals surface area contributed by atoms with Crippen LogP contribution in [0.4, 0.5) is 0 Å². The lowest BCUT2D eigenvalue weighted by Crippen LogP contribution is -2.52. The average Bonchev–Trinajstić information content (AvgIpc) is 2.67. The molecule has 1 aliphatic rings. The summed E-state index contributed by atoms with van der Waals surface area (Å²) in [7, 11) is -3.56. The van der Waals surface area contributed by atoms with Crippen LogP contribution < -0.4 is 4.72 Å². The largest absolute Gasteiger partial charge is 0.295 e. The summed E-state index contributed by atoms with van der Waals surface area (Å²) in [6, 6.07) is 16.8. The molecule has 2 aromatic carbocycles. The highest BCUT2D eigenvalue weighted by Gasteiger charge is 2.32. The maximum absolute atomic E-state index is 12.9. The van der Waals surface area contributed by atoms with Crippen molar-refractivity contribution in [2.45, 2.75) is 56.1 Å². The molecule has 0 bridgehead atoms. The summed E-state index contributed by atoms with van der Waals surface area (Å²) in [4.78, 5) is 2.66. The van der Waals surface area contributed by atoms with Gasteiger partial charge in [0.05, 0.1) is 4.90 Å². The fourth-order valence-electron chi connectivity index (χ4n) is 3.85. The fourth-order valence-corrected chi connectivity index (χ4v) is 5.28. The molecule has 0 aromatic heterocycles. The summed E-state index contributed by atoms with van der Waals surface area (Å²) in [5, 5.41) is 0.532. The van der Waals surface area contributed by atoms with Crippen LogP contribution in [0.5, 0.6) is 0 Å². The van der Waals surface area contributed by atoms with E-state index in [9.17, 15) is 8.42 Å². The number of nitrogens with zero attached hydrogens (tertiary/aromatic N) is 1. The topological polar surface area (TPSA) is 49.4 Å². The van der Waals surface area contributed by atoms with E-state index < -0.39 is 10.0 Å². The van der Waals surface area contributed by atoms with Crippen LogP contribution in [0.15, 0.2) is 59.5 Å². The highest BCUT2D eigenvalue weighted by Crippen LogP contribution is 2.26. The highest BCUT2D eigenvalue weighted by atomic mass is 35.5. The minimum atomic E-state index is -3.56. The van der Waals surface area contributed by atoms with Crippen LogP contribution in [0, 0.1) is 0 Å². The smallest absolute Gasteiger partial charge is 0.240 e. The van der Waals surface area contributed by atoms with Crippen LogP contribution in [0.1, 0.15) is 38.2 Å². The van der Waals surface area contributed by atoms with Gasteiger partial charge in [-0.15, -0.1) is 0 Å². The van der Waals surface area contributed by atoms with E-state index >= 15 is 0 Å². The molecule has 146 valence electrons. The summed E-state index contributed by atoms with van der Waals surface area (Å²) in [5.74, 6) is 0. The predicted octanol–water partition coefficient (Wildman–Crippen LogP) is 4.45. The first-order valence-corrected chi connectivity index (χ1v) is 11.4. The molecule has 1 aliphatic carbocycles.